The van der Waals surface area contributed by atoms with Crippen LogP contribution < -0.4 is 10.6 Å². The Hall–Kier alpha value is -3.15. The Morgan fingerprint density at radius 2 is 1.88 bits per heavy atom. The molecule has 0 aliphatic heterocycles. The summed E-state index contributed by atoms with van der Waals surface area (Å²) in [6.07, 6.45) is 1.72. The smallest absolute Gasteiger partial charge is 0.315 e. The fraction of sp³-hybridized carbons (Fsp3) is 0.211. The van der Waals surface area contributed by atoms with Gasteiger partial charge in [-0.1, -0.05) is 41.6 Å². The second-order valence-corrected chi connectivity index (χ2v) is 5.73. The van der Waals surface area contributed by atoms with E-state index in [0.29, 0.717) is 12.3 Å². The Labute approximate surface area is 146 Å². The number of hydrogen-bond donors (Lipinski definition) is 2. The number of carbonyl (C=O) groups is 1. The van der Waals surface area contributed by atoms with Crippen molar-refractivity contribution in [3.8, 4) is 0 Å². The lowest BCUT2D eigenvalue weighted by atomic mass is 10.0. The van der Waals surface area contributed by atoms with Crippen molar-refractivity contribution in [1.82, 2.24) is 20.8 Å². The van der Waals surface area contributed by atoms with E-state index in [-0.39, 0.29) is 12.1 Å². The quantitative estimate of drug-likeness (QED) is 0.749. The third kappa shape index (κ3) is 4.03. The number of hydrogen-bond acceptors (Lipinski definition) is 4. The Balaban J connectivity index is 1.73. The molecule has 6 heteroatoms. The van der Waals surface area contributed by atoms with Gasteiger partial charge in [-0.25, -0.2) is 4.79 Å². The molecule has 1 atom stereocenters. The zero-order valence-electron chi connectivity index (χ0n) is 14.2. The number of amides is 2. The summed E-state index contributed by atoms with van der Waals surface area (Å²) in [5.41, 5.74) is 3.42. The number of rotatable bonds is 5. The van der Waals surface area contributed by atoms with Crippen molar-refractivity contribution in [2.45, 2.75) is 26.4 Å². The molecule has 0 saturated heterocycles. The normalized spacial score (nSPS) is 11.8. The average Bonchev–Trinajstić information content (AvgIpc) is 2.97. The first-order valence-electron chi connectivity index (χ1n) is 8.07. The van der Waals surface area contributed by atoms with Crippen molar-refractivity contribution in [2.75, 3.05) is 0 Å². The van der Waals surface area contributed by atoms with Gasteiger partial charge in [0.2, 0.25) is 0 Å². The van der Waals surface area contributed by atoms with E-state index in [1.807, 2.05) is 62.4 Å². The highest BCUT2D eigenvalue weighted by atomic mass is 16.5. The lowest BCUT2D eigenvalue weighted by molar-refractivity contribution is 0.238. The minimum absolute atomic E-state index is 0.278. The lowest BCUT2D eigenvalue weighted by Gasteiger charge is -2.19. The maximum absolute atomic E-state index is 12.4. The molecule has 0 radical (unpaired) electrons. The molecule has 2 aromatic heterocycles. The van der Waals surface area contributed by atoms with E-state index in [9.17, 15) is 4.79 Å². The Kier molecular flexibility index (Phi) is 5.09. The lowest BCUT2D eigenvalue weighted by Crippen LogP contribution is -2.38. The van der Waals surface area contributed by atoms with Gasteiger partial charge in [-0.05, 0) is 31.5 Å². The zero-order chi connectivity index (χ0) is 17.6. The average molecular weight is 336 g/mol. The van der Waals surface area contributed by atoms with Gasteiger partial charge in [0.15, 0.2) is 0 Å². The predicted molar refractivity (Wildman–Crippen MR) is 93.9 cm³/mol. The summed E-state index contributed by atoms with van der Waals surface area (Å²) < 4.78 is 5.12. The first-order chi connectivity index (χ1) is 12.1. The van der Waals surface area contributed by atoms with E-state index in [1.165, 1.54) is 0 Å². The van der Waals surface area contributed by atoms with Crippen LogP contribution in [0.4, 0.5) is 4.79 Å². The van der Waals surface area contributed by atoms with Gasteiger partial charge in [0.25, 0.3) is 0 Å². The van der Waals surface area contributed by atoms with Gasteiger partial charge in [-0.15, -0.1) is 0 Å². The largest absolute Gasteiger partial charge is 0.361 e. The van der Waals surface area contributed by atoms with E-state index >= 15 is 0 Å². The van der Waals surface area contributed by atoms with Crippen LogP contribution in [-0.4, -0.2) is 16.2 Å². The Bertz CT molecular complexity index is 772. The molecule has 0 aliphatic carbocycles. The van der Waals surface area contributed by atoms with Gasteiger partial charge in [-0.3, -0.25) is 4.98 Å². The van der Waals surface area contributed by atoms with Crippen LogP contribution in [-0.2, 0) is 6.54 Å². The highest BCUT2D eigenvalue weighted by Crippen LogP contribution is 2.20. The first kappa shape index (κ1) is 16.7. The number of nitrogens with zero attached hydrogens (tertiary/aromatic N) is 2. The predicted octanol–water partition coefficient (Wildman–Crippen LogP) is 3.28. The fourth-order valence-corrected chi connectivity index (χ4v) is 2.63. The molecule has 2 heterocycles. The standard InChI is InChI=1S/C19H20N4O2/c1-13-16(14(2)25-23-13)12-21-19(24)22-18(15-8-4-3-5-9-15)17-10-6-7-11-20-17/h3-11,18H,12H2,1-2H3,(H2,21,22,24)/t18-/m1/s1. The summed E-state index contributed by atoms with van der Waals surface area (Å²) in [5.74, 6) is 0.710. The number of nitrogens with one attached hydrogen (secondary N) is 2. The second-order valence-electron chi connectivity index (χ2n) is 5.73. The highest BCUT2D eigenvalue weighted by molar-refractivity contribution is 5.75. The number of aryl methyl sites for hydroxylation is 2. The summed E-state index contributed by atoms with van der Waals surface area (Å²) >= 11 is 0. The monoisotopic (exact) mass is 336 g/mol. The van der Waals surface area contributed by atoms with Crippen LogP contribution in [0.1, 0.15) is 34.3 Å². The molecule has 0 aliphatic rings. The van der Waals surface area contributed by atoms with E-state index in [2.05, 4.69) is 20.8 Å². The van der Waals surface area contributed by atoms with Crippen LogP contribution in [0.5, 0.6) is 0 Å². The van der Waals surface area contributed by atoms with Crippen molar-refractivity contribution in [3.63, 3.8) is 0 Å². The van der Waals surface area contributed by atoms with Crippen LogP contribution in [0.3, 0.4) is 0 Å². The fourth-order valence-electron chi connectivity index (χ4n) is 2.63. The molecule has 128 valence electrons. The molecule has 3 aromatic rings. The van der Waals surface area contributed by atoms with Crippen LogP contribution in [0.2, 0.25) is 0 Å². The minimum Gasteiger partial charge on any atom is -0.361 e. The number of aromatic nitrogens is 2. The van der Waals surface area contributed by atoms with Gasteiger partial charge >= 0.3 is 6.03 Å². The first-order valence-corrected chi connectivity index (χ1v) is 8.07. The van der Waals surface area contributed by atoms with Crippen LogP contribution >= 0.6 is 0 Å². The molecule has 0 saturated carbocycles. The van der Waals surface area contributed by atoms with Gasteiger partial charge in [0, 0.05) is 18.3 Å². The molecule has 6 nitrogen and oxygen atoms in total. The zero-order valence-corrected chi connectivity index (χ0v) is 14.2. The third-order valence-electron chi connectivity index (χ3n) is 4.00. The minimum atomic E-state index is -0.327. The molecular formula is C19H20N4O2. The number of benzene rings is 1. The van der Waals surface area contributed by atoms with Gasteiger partial charge in [0.05, 0.1) is 17.4 Å². The SMILES string of the molecule is Cc1noc(C)c1CNC(=O)N[C@H](c1ccccc1)c1ccccn1. The van der Waals surface area contributed by atoms with Gasteiger partial charge in [0.1, 0.15) is 5.76 Å². The van der Waals surface area contributed by atoms with Crippen LogP contribution in [0, 0.1) is 13.8 Å². The highest BCUT2D eigenvalue weighted by Gasteiger charge is 2.18. The second kappa shape index (κ2) is 7.61. The molecule has 0 spiro atoms. The van der Waals surface area contributed by atoms with Crippen molar-refractivity contribution in [1.29, 1.82) is 0 Å². The summed E-state index contributed by atoms with van der Waals surface area (Å²) in [7, 11) is 0. The van der Waals surface area contributed by atoms with E-state index in [0.717, 1.165) is 22.5 Å². The van der Waals surface area contributed by atoms with Crippen molar-refractivity contribution < 1.29 is 9.32 Å². The molecule has 25 heavy (non-hydrogen) atoms. The van der Waals surface area contributed by atoms with E-state index < -0.39 is 0 Å². The molecule has 2 N–H and O–H groups in total. The van der Waals surface area contributed by atoms with Crippen LogP contribution in [0.25, 0.3) is 0 Å². The van der Waals surface area contributed by atoms with Crippen molar-refractivity contribution >= 4 is 6.03 Å². The van der Waals surface area contributed by atoms with E-state index in [1.54, 1.807) is 6.20 Å². The summed E-state index contributed by atoms with van der Waals surface area (Å²) in [5, 5.41) is 9.74. The molecular weight excluding hydrogens is 316 g/mol. The maximum Gasteiger partial charge on any atom is 0.315 e. The van der Waals surface area contributed by atoms with Crippen LogP contribution in [0.15, 0.2) is 59.3 Å². The molecule has 0 fully saturated rings. The van der Waals surface area contributed by atoms with Crippen molar-refractivity contribution in [2.24, 2.45) is 0 Å². The molecule has 0 bridgehead atoms. The molecule has 1 aromatic carbocycles. The number of pyridine rings is 1. The number of urea groups is 1. The molecule has 3 rings (SSSR count). The topological polar surface area (TPSA) is 80.0 Å². The summed E-state index contributed by atoms with van der Waals surface area (Å²) in [6.45, 7) is 4.04. The molecule has 0 unspecified atom stereocenters. The Morgan fingerprint density at radius 3 is 2.52 bits per heavy atom. The van der Waals surface area contributed by atoms with Gasteiger partial charge in [-0.2, -0.15) is 0 Å². The van der Waals surface area contributed by atoms with Crippen molar-refractivity contribution in [3.05, 3.63) is 83.0 Å². The summed E-state index contributed by atoms with van der Waals surface area (Å²) in [4.78, 5) is 16.8. The van der Waals surface area contributed by atoms with Gasteiger partial charge < -0.3 is 15.2 Å². The van der Waals surface area contributed by atoms with E-state index in [4.69, 9.17) is 4.52 Å². The third-order valence-corrected chi connectivity index (χ3v) is 4.00. The maximum atomic E-state index is 12.4. The Morgan fingerprint density at radius 1 is 1.12 bits per heavy atom. The molecule has 2 amide bonds. The number of carbonyl (C=O) groups excluding carboxylic acids is 1. The summed E-state index contributed by atoms with van der Waals surface area (Å²) in [6, 6.07) is 14.8.